The van der Waals surface area contributed by atoms with E-state index >= 15 is 0 Å². The molecule has 0 radical (unpaired) electrons. The number of hydrogen-bond acceptors (Lipinski definition) is 6. The van der Waals surface area contributed by atoms with Crippen LogP contribution in [0.3, 0.4) is 0 Å². The Morgan fingerprint density at radius 2 is 2.03 bits per heavy atom. The minimum atomic E-state index is -3.88. The first-order chi connectivity index (χ1) is 16.0. The van der Waals surface area contributed by atoms with Crippen LogP contribution in [0.25, 0.3) is 11.0 Å². The minimum Gasteiger partial charge on any atom is -0.496 e. The number of piperidine rings is 1. The third-order valence-corrected chi connectivity index (χ3v) is 7.83. The van der Waals surface area contributed by atoms with Gasteiger partial charge in [0.2, 0.25) is 15.9 Å². The number of ether oxygens (including phenoxy) is 1. The standard InChI is InChI=1S/C23H29N5O4S/c1-3-13-27-20-12-11-18(15-19(20)25-26-27)33(30,31)28-14-7-6-9-21(28)23(29)24-16-17-8-4-5-10-22(17)32-2/h4-5,8,10-12,15,21H,3,6-7,9,13-14,16H2,1-2H3,(H,24,29)/t21-/m0/s1. The number of benzene rings is 2. The van der Waals surface area contributed by atoms with Crippen LogP contribution in [0.15, 0.2) is 47.4 Å². The Bertz CT molecular complexity index is 1240. The number of aromatic nitrogens is 3. The summed E-state index contributed by atoms with van der Waals surface area (Å²) in [7, 11) is -2.30. The van der Waals surface area contributed by atoms with Crippen molar-refractivity contribution in [3.8, 4) is 5.75 Å². The summed E-state index contributed by atoms with van der Waals surface area (Å²) in [6, 6.07) is 11.5. The van der Waals surface area contributed by atoms with Gasteiger partial charge in [0.1, 0.15) is 17.3 Å². The van der Waals surface area contributed by atoms with Crippen molar-refractivity contribution in [3.63, 3.8) is 0 Å². The van der Waals surface area contributed by atoms with Crippen LogP contribution in [-0.4, -0.2) is 53.3 Å². The first kappa shape index (κ1) is 23.2. The molecule has 3 aromatic rings. The summed E-state index contributed by atoms with van der Waals surface area (Å²) >= 11 is 0. The minimum absolute atomic E-state index is 0.128. The predicted molar refractivity (Wildman–Crippen MR) is 124 cm³/mol. The Hall–Kier alpha value is -2.98. The molecule has 10 heteroatoms. The van der Waals surface area contributed by atoms with Gasteiger partial charge in [0.05, 0.1) is 17.5 Å². The molecule has 0 bridgehead atoms. The summed E-state index contributed by atoms with van der Waals surface area (Å²) in [6.45, 7) is 3.32. The molecule has 1 saturated heterocycles. The molecule has 0 spiro atoms. The molecule has 1 N–H and O–H groups in total. The number of rotatable bonds is 8. The SMILES string of the molecule is CCCn1nnc2cc(S(=O)(=O)N3CCCC[C@H]3C(=O)NCc3ccccc3OC)ccc21. The molecule has 0 saturated carbocycles. The maximum atomic E-state index is 13.5. The van der Waals surface area contributed by atoms with Gasteiger partial charge < -0.3 is 10.1 Å². The molecule has 2 aromatic carbocycles. The molecule has 0 unspecified atom stereocenters. The maximum Gasteiger partial charge on any atom is 0.243 e. The van der Waals surface area contributed by atoms with Gasteiger partial charge in [0.15, 0.2) is 0 Å². The summed E-state index contributed by atoms with van der Waals surface area (Å²) in [4.78, 5) is 13.2. The number of para-hydroxylation sites is 1. The Labute approximate surface area is 193 Å². The fourth-order valence-electron chi connectivity index (χ4n) is 4.23. The van der Waals surface area contributed by atoms with Crippen LogP contribution in [0.5, 0.6) is 5.75 Å². The molecule has 1 aliphatic rings. The van der Waals surface area contributed by atoms with E-state index in [4.69, 9.17) is 4.74 Å². The molecular formula is C23H29N5O4S. The van der Waals surface area contributed by atoms with Gasteiger partial charge in [-0.15, -0.1) is 5.10 Å². The molecule has 0 aliphatic carbocycles. The Kier molecular flexibility index (Phi) is 6.94. The first-order valence-corrected chi connectivity index (χ1v) is 12.6. The summed E-state index contributed by atoms with van der Waals surface area (Å²) in [5, 5.41) is 11.1. The van der Waals surface area contributed by atoms with Crippen molar-refractivity contribution >= 4 is 27.0 Å². The van der Waals surface area contributed by atoms with E-state index in [1.165, 1.54) is 4.31 Å². The Morgan fingerprint density at radius 3 is 2.82 bits per heavy atom. The van der Waals surface area contributed by atoms with Gasteiger partial charge in [-0.2, -0.15) is 4.31 Å². The summed E-state index contributed by atoms with van der Waals surface area (Å²) in [5.74, 6) is 0.370. The van der Waals surface area contributed by atoms with Crippen LogP contribution in [0.1, 0.15) is 38.2 Å². The van der Waals surface area contributed by atoms with Crippen LogP contribution in [0.4, 0.5) is 0 Å². The average Bonchev–Trinajstić information content (AvgIpc) is 3.25. The molecule has 4 rings (SSSR count). The van der Waals surface area contributed by atoms with E-state index in [1.807, 2.05) is 31.2 Å². The fraction of sp³-hybridized carbons (Fsp3) is 0.435. The number of aryl methyl sites for hydroxylation is 1. The number of sulfonamides is 1. The van der Waals surface area contributed by atoms with Gasteiger partial charge in [0.25, 0.3) is 0 Å². The third-order valence-electron chi connectivity index (χ3n) is 5.93. The smallest absolute Gasteiger partial charge is 0.243 e. The molecule has 1 aliphatic heterocycles. The van der Waals surface area contributed by atoms with Crippen LogP contribution >= 0.6 is 0 Å². The van der Waals surface area contributed by atoms with Crippen molar-refractivity contribution < 1.29 is 17.9 Å². The lowest BCUT2D eigenvalue weighted by Gasteiger charge is -2.33. The van der Waals surface area contributed by atoms with Gasteiger partial charge in [-0.05, 0) is 43.5 Å². The summed E-state index contributed by atoms with van der Waals surface area (Å²) in [6.07, 6.45) is 2.89. The highest BCUT2D eigenvalue weighted by Gasteiger charge is 2.37. The van der Waals surface area contributed by atoms with E-state index < -0.39 is 16.1 Å². The molecule has 2 heterocycles. The highest BCUT2D eigenvalue weighted by molar-refractivity contribution is 7.89. The van der Waals surface area contributed by atoms with Crippen molar-refractivity contribution in [3.05, 3.63) is 48.0 Å². The largest absolute Gasteiger partial charge is 0.496 e. The van der Waals surface area contributed by atoms with Crippen LogP contribution < -0.4 is 10.1 Å². The number of nitrogens with one attached hydrogen (secondary N) is 1. The average molecular weight is 472 g/mol. The topological polar surface area (TPSA) is 106 Å². The third kappa shape index (κ3) is 4.72. The summed E-state index contributed by atoms with van der Waals surface area (Å²) in [5.41, 5.74) is 2.15. The molecule has 1 amide bonds. The van der Waals surface area contributed by atoms with Crippen molar-refractivity contribution in [2.24, 2.45) is 0 Å². The van der Waals surface area contributed by atoms with Crippen molar-refractivity contribution in [2.45, 2.75) is 56.6 Å². The quantitative estimate of drug-likeness (QED) is 0.541. The maximum absolute atomic E-state index is 13.5. The monoisotopic (exact) mass is 471 g/mol. The zero-order valence-corrected chi connectivity index (χ0v) is 19.7. The second kappa shape index (κ2) is 9.88. The van der Waals surface area contributed by atoms with Crippen molar-refractivity contribution in [2.75, 3.05) is 13.7 Å². The summed E-state index contributed by atoms with van der Waals surface area (Å²) < 4.78 is 35.5. The first-order valence-electron chi connectivity index (χ1n) is 11.2. The van der Waals surface area contributed by atoms with E-state index in [0.717, 1.165) is 23.9 Å². The van der Waals surface area contributed by atoms with Crippen LogP contribution in [0, 0.1) is 0 Å². The number of methoxy groups -OCH3 is 1. The zero-order chi connectivity index (χ0) is 23.4. The molecule has 176 valence electrons. The van der Waals surface area contributed by atoms with Gasteiger partial charge in [-0.3, -0.25) is 4.79 Å². The van der Waals surface area contributed by atoms with Gasteiger partial charge >= 0.3 is 0 Å². The Balaban J connectivity index is 1.55. The highest BCUT2D eigenvalue weighted by Crippen LogP contribution is 2.27. The zero-order valence-electron chi connectivity index (χ0n) is 18.9. The van der Waals surface area contributed by atoms with Gasteiger partial charge in [0, 0.05) is 25.2 Å². The number of carbonyl (C=O) groups excluding carboxylic acids is 1. The van der Waals surface area contributed by atoms with Crippen molar-refractivity contribution in [1.29, 1.82) is 0 Å². The van der Waals surface area contributed by atoms with E-state index in [9.17, 15) is 13.2 Å². The number of hydrogen-bond donors (Lipinski definition) is 1. The van der Waals surface area contributed by atoms with E-state index in [1.54, 1.807) is 30.0 Å². The van der Waals surface area contributed by atoms with Gasteiger partial charge in [-0.25, -0.2) is 13.1 Å². The van der Waals surface area contributed by atoms with E-state index in [-0.39, 0.29) is 17.3 Å². The number of carbonyl (C=O) groups is 1. The lowest BCUT2D eigenvalue weighted by molar-refractivity contribution is -0.125. The molecule has 33 heavy (non-hydrogen) atoms. The van der Waals surface area contributed by atoms with E-state index in [2.05, 4.69) is 15.6 Å². The molecule has 1 fully saturated rings. The lowest BCUT2D eigenvalue weighted by atomic mass is 10.0. The second-order valence-corrected chi connectivity index (χ2v) is 10.0. The number of nitrogens with zero attached hydrogens (tertiary/aromatic N) is 4. The molecular weight excluding hydrogens is 442 g/mol. The Morgan fingerprint density at radius 1 is 1.21 bits per heavy atom. The van der Waals surface area contributed by atoms with E-state index in [0.29, 0.717) is 37.2 Å². The fourth-order valence-corrected chi connectivity index (χ4v) is 5.91. The molecule has 1 atom stereocenters. The predicted octanol–water partition coefficient (Wildman–Crippen LogP) is 2.71. The normalized spacial score (nSPS) is 17.2. The van der Waals surface area contributed by atoms with Crippen LogP contribution in [0.2, 0.25) is 0 Å². The van der Waals surface area contributed by atoms with Crippen LogP contribution in [-0.2, 0) is 27.9 Å². The number of amides is 1. The molecule has 9 nitrogen and oxygen atoms in total. The highest BCUT2D eigenvalue weighted by atomic mass is 32.2. The molecule has 1 aromatic heterocycles. The van der Waals surface area contributed by atoms with Gasteiger partial charge in [-0.1, -0.05) is 36.8 Å². The second-order valence-electron chi connectivity index (χ2n) is 8.12. The number of fused-ring (bicyclic) bond motifs is 1. The van der Waals surface area contributed by atoms with Crippen molar-refractivity contribution in [1.82, 2.24) is 24.6 Å². The lowest BCUT2D eigenvalue weighted by Crippen LogP contribution is -2.51.